The number of hydrogen-bond acceptors (Lipinski definition) is 4. The summed E-state index contributed by atoms with van der Waals surface area (Å²) < 4.78 is 11.6. The van der Waals surface area contributed by atoms with E-state index in [9.17, 15) is 14.7 Å². The molecule has 3 rings (SSSR count). The van der Waals surface area contributed by atoms with Crippen LogP contribution in [0.25, 0.3) is 5.57 Å². The first-order valence-electron chi connectivity index (χ1n) is 15.1. The molecular formula is C35H46O5. The molecule has 0 aliphatic heterocycles. The largest absolute Gasteiger partial charge is 0.494 e. The third kappa shape index (κ3) is 8.58. The van der Waals surface area contributed by atoms with Gasteiger partial charge in [0.1, 0.15) is 11.2 Å². The quantitative estimate of drug-likeness (QED) is 0.158. The van der Waals surface area contributed by atoms with E-state index in [4.69, 9.17) is 9.47 Å². The van der Waals surface area contributed by atoms with E-state index in [1.165, 1.54) is 44.9 Å². The highest BCUT2D eigenvalue weighted by atomic mass is 16.5. The maximum atomic E-state index is 13.0. The summed E-state index contributed by atoms with van der Waals surface area (Å²) in [5, 5.41) is 10.3. The Balaban J connectivity index is 1.61. The number of benzene rings is 2. The van der Waals surface area contributed by atoms with Crippen molar-refractivity contribution < 1.29 is 24.2 Å². The first-order valence-corrected chi connectivity index (χ1v) is 15.1. The normalized spacial score (nSPS) is 17.2. The Morgan fingerprint density at radius 2 is 1.57 bits per heavy atom. The molecule has 0 amide bonds. The number of unbranched alkanes of at least 4 members (excludes halogenated alkanes) is 7. The second-order valence-corrected chi connectivity index (χ2v) is 10.9. The van der Waals surface area contributed by atoms with Gasteiger partial charge < -0.3 is 14.6 Å². The number of carbonyl (C=O) groups is 2. The fourth-order valence-electron chi connectivity index (χ4n) is 5.26. The Labute approximate surface area is 240 Å². The van der Waals surface area contributed by atoms with Crippen molar-refractivity contribution >= 4 is 17.5 Å². The number of ether oxygens (including phenoxy) is 2. The maximum absolute atomic E-state index is 13.0. The minimum absolute atomic E-state index is 0.230. The van der Waals surface area contributed by atoms with Gasteiger partial charge in [-0.2, -0.15) is 0 Å². The predicted molar refractivity (Wildman–Crippen MR) is 162 cm³/mol. The van der Waals surface area contributed by atoms with Crippen molar-refractivity contribution in [1.29, 1.82) is 0 Å². The smallest absolute Gasteiger partial charge is 0.338 e. The molecule has 0 heterocycles. The number of esters is 1. The molecule has 2 atom stereocenters. The van der Waals surface area contributed by atoms with Crippen molar-refractivity contribution in [2.45, 2.75) is 103 Å². The summed E-state index contributed by atoms with van der Waals surface area (Å²) in [5.74, 6) is -0.634. The third-order valence-electron chi connectivity index (χ3n) is 7.66. The average Bonchev–Trinajstić information content (AvgIpc) is 2.96. The van der Waals surface area contributed by atoms with Crippen LogP contribution in [0.5, 0.6) is 5.75 Å². The molecule has 0 radical (unpaired) electrons. The summed E-state index contributed by atoms with van der Waals surface area (Å²) in [4.78, 5) is 25.6. The van der Waals surface area contributed by atoms with Crippen molar-refractivity contribution in [2.75, 3.05) is 6.61 Å². The first-order chi connectivity index (χ1) is 19.4. The molecule has 2 aromatic rings. The number of hydrogen-bond donors (Lipinski definition) is 1. The van der Waals surface area contributed by atoms with Gasteiger partial charge in [-0.05, 0) is 61.1 Å². The SMILES string of the molecule is CCCCCCCCCCOc1ccc(C2=CCC(C(=O)O)(c3ccccc3C(=O)OC(C)CCC)C=C2)cc1. The zero-order valence-corrected chi connectivity index (χ0v) is 24.5. The van der Waals surface area contributed by atoms with E-state index in [0.717, 1.165) is 42.8 Å². The summed E-state index contributed by atoms with van der Waals surface area (Å²) in [6, 6.07) is 14.8. The van der Waals surface area contributed by atoms with Crippen LogP contribution < -0.4 is 4.74 Å². The van der Waals surface area contributed by atoms with E-state index < -0.39 is 17.4 Å². The summed E-state index contributed by atoms with van der Waals surface area (Å²) in [7, 11) is 0. The zero-order chi connectivity index (χ0) is 28.8. The monoisotopic (exact) mass is 546 g/mol. The standard InChI is InChI=1S/C35H46O5/c1-4-6-7-8-9-10-11-14-26-39-30-20-18-28(19-21-30)29-22-24-35(25-23-29,34(37)38)32-17-13-12-16-31(32)33(36)40-27(3)15-5-2/h12-13,16-24,27H,4-11,14-15,25-26H2,1-3H3,(H,37,38). The van der Waals surface area contributed by atoms with E-state index in [1.54, 1.807) is 30.3 Å². The average molecular weight is 547 g/mol. The molecule has 2 unspecified atom stereocenters. The molecule has 0 saturated heterocycles. The molecule has 0 aromatic heterocycles. The molecule has 5 nitrogen and oxygen atoms in total. The second kappa shape index (κ2) is 16.1. The lowest BCUT2D eigenvalue weighted by molar-refractivity contribution is -0.141. The van der Waals surface area contributed by atoms with Crippen LogP contribution in [0, 0.1) is 0 Å². The van der Waals surface area contributed by atoms with Crippen molar-refractivity contribution in [2.24, 2.45) is 0 Å². The Hall–Kier alpha value is -3.34. The fraction of sp³-hybridized carbons (Fsp3) is 0.486. The molecule has 40 heavy (non-hydrogen) atoms. The highest BCUT2D eigenvalue weighted by molar-refractivity contribution is 5.97. The van der Waals surface area contributed by atoms with Crippen molar-refractivity contribution in [1.82, 2.24) is 0 Å². The molecule has 0 saturated carbocycles. The van der Waals surface area contributed by atoms with Crippen LogP contribution in [0.4, 0.5) is 0 Å². The lowest BCUT2D eigenvalue weighted by atomic mass is 9.72. The van der Waals surface area contributed by atoms with Crippen LogP contribution in [0.1, 0.15) is 113 Å². The molecule has 1 aliphatic carbocycles. The van der Waals surface area contributed by atoms with Crippen LogP contribution in [-0.4, -0.2) is 29.8 Å². The molecule has 216 valence electrons. The lowest BCUT2D eigenvalue weighted by Crippen LogP contribution is -2.36. The molecule has 2 aromatic carbocycles. The second-order valence-electron chi connectivity index (χ2n) is 10.9. The Morgan fingerprint density at radius 1 is 0.900 bits per heavy atom. The fourth-order valence-corrected chi connectivity index (χ4v) is 5.26. The maximum Gasteiger partial charge on any atom is 0.338 e. The van der Waals surface area contributed by atoms with Crippen LogP contribution in [0.3, 0.4) is 0 Å². The Morgan fingerprint density at radius 3 is 2.20 bits per heavy atom. The van der Waals surface area contributed by atoms with Gasteiger partial charge in [-0.15, -0.1) is 0 Å². The number of carboxylic acid groups (broad SMARTS) is 1. The topological polar surface area (TPSA) is 72.8 Å². The van der Waals surface area contributed by atoms with E-state index in [1.807, 2.05) is 50.3 Å². The van der Waals surface area contributed by atoms with Crippen LogP contribution in [-0.2, 0) is 14.9 Å². The minimum atomic E-state index is -1.34. The third-order valence-corrected chi connectivity index (χ3v) is 7.66. The predicted octanol–water partition coefficient (Wildman–Crippen LogP) is 8.92. The summed E-state index contributed by atoms with van der Waals surface area (Å²) in [5.41, 5.74) is 1.35. The van der Waals surface area contributed by atoms with Crippen molar-refractivity contribution in [3.8, 4) is 5.75 Å². The Bertz CT molecular complexity index is 1150. The van der Waals surface area contributed by atoms with Gasteiger partial charge in [-0.25, -0.2) is 4.79 Å². The minimum Gasteiger partial charge on any atom is -0.494 e. The zero-order valence-electron chi connectivity index (χ0n) is 24.5. The van der Waals surface area contributed by atoms with Gasteiger partial charge in [0.2, 0.25) is 0 Å². The molecule has 0 fully saturated rings. The summed E-state index contributed by atoms with van der Waals surface area (Å²) in [6.07, 6.45) is 17.3. The number of aliphatic carboxylic acids is 1. The van der Waals surface area contributed by atoms with Gasteiger partial charge in [-0.3, -0.25) is 4.79 Å². The van der Waals surface area contributed by atoms with Gasteiger partial charge in [-0.1, -0.05) is 114 Å². The summed E-state index contributed by atoms with van der Waals surface area (Å²) in [6.45, 7) is 6.86. The molecular weight excluding hydrogens is 500 g/mol. The van der Waals surface area contributed by atoms with Gasteiger partial charge in [0.05, 0.1) is 18.3 Å². The number of rotatable bonds is 17. The number of allylic oxidation sites excluding steroid dienone is 3. The number of carbonyl (C=O) groups excluding carboxylic acids is 1. The van der Waals surface area contributed by atoms with E-state index in [2.05, 4.69) is 6.92 Å². The molecule has 0 spiro atoms. The van der Waals surface area contributed by atoms with Crippen LogP contribution >= 0.6 is 0 Å². The highest BCUT2D eigenvalue weighted by Crippen LogP contribution is 2.39. The van der Waals surface area contributed by atoms with Gasteiger partial charge in [0, 0.05) is 0 Å². The van der Waals surface area contributed by atoms with E-state index in [0.29, 0.717) is 11.1 Å². The van der Waals surface area contributed by atoms with E-state index >= 15 is 0 Å². The van der Waals surface area contributed by atoms with E-state index in [-0.39, 0.29) is 12.5 Å². The van der Waals surface area contributed by atoms with Gasteiger partial charge >= 0.3 is 11.9 Å². The van der Waals surface area contributed by atoms with Crippen molar-refractivity contribution in [3.63, 3.8) is 0 Å². The lowest BCUT2D eigenvalue weighted by Gasteiger charge is -2.30. The molecule has 1 aliphatic rings. The van der Waals surface area contributed by atoms with Gasteiger partial charge in [0.25, 0.3) is 0 Å². The van der Waals surface area contributed by atoms with Crippen LogP contribution in [0.2, 0.25) is 0 Å². The van der Waals surface area contributed by atoms with Crippen molar-refractivity contribution in [3.05, 3.63) is 83.4 Å². The molecule has 5 heteroatoms. The highest BCUT2D eigenvalue weighted by Gasteiger charge is 2.41. The first kappa shape index (κ1) is 31.2. The van der Waals surface area contributed by atoms with Crippen LogP contribution in [0.15, 0.2) is 66.8 Å². The molecule has 1 N–H and O–H groups in total. The van der Waals surface area contributed by atoms with Gasteiger partial charge in [0.15, 0.2) is 0 Å². The summed E-state index contributed by atoms with van der Waals surface area (Å²) >= 11 is 0. The molecule has 0 bridgehead atoms. The Kier molecular flexibility index (Phi) is 12.5. The number of carboxylic acids is 1.